The lowest BCUT2D eigenvalue weighted by atomic mass is 9.47. The lowest BCUT2D eigenvalue weighted by Crippen LogP contribution is -2.50. The van der Waals surface area contributed by atoms with Gasteiger partial charge in [-0.1, -0.05) is 93.2 Å². The second kappa shape index (κ2) is 11.7. The number of hydrogen-bond donors (Lipinski definition) is 1. The fourth-order valence-electron chi connectivity index (χ4n) is 8.53. The van der Waals surface area contributed by atoms with E-state index < -0.39 is 0 Å². The second-order valence-corrected chi connectivity index (χ2v) is 12.1. The highest BCUT2D eigenvalue weighted by Crippen LogP contribution is 2.67. The third kappa shape index (κ3) is 5.22. The minimum absolute atomic E-state index is 0.412. The molecule has 0 radical (unpaired) electrons. The van der Waals surface area contributed by atoms with Crippen LogP contribution in [0.2, 0.25) is 0 Å². The molecule has 4 rings (SSSR count). The maximum atomic E-state index is 8.19. The Bertz CT molecular complexity index is 630. The Hall–Kier alpha value is -0.590. The highest BCUT2D eigenvalue weighted by atomic mass is 14.6. The minimum atomic E-state index is 0.412. The molecule has 0 aromatic heterocycles. The van der Waals surface area contributed by atoms with Crippen LogP contribution in [0.3, 0.4) is 0 Å². The SMILES string of the molecule is CC.CC.CC(C)CCC[C@@H](C)C1CCC2[C@@H]3CC=C4CC(=N)CC[C@]4(C)[C@H]3CC[C@]12C. The zero-order valence-corrected chi connectivity index (χ0v) is 23.3. The predicted octanol–water partition coefficient (Wildman–Crippen LogP) is 10.1. The molecule has 1 N–H and O–H groups in total. The van der Waals surface area contributed by atoms with E-state index >= 15 is 0 Å². The fourth-order valence-corrected chi connectivity index (χ4v) is 8.53. The minimum Gasteiger partial charge on any atom is -0.309 e. The number of rotatable bonds is 5. The van der Waals surface area contributed by atoms with Gasteiger partial charge in [0.15, 0.2) is 0 Å². The summed E-state index contributed by atoms with van der Waals surface area (Å²) in [6.07, 6.45) is 17.4. The zero-order chi connectivity index (χ0) is 24.1. The van der Waals surface area contributed by atoms with E-state index in [4.69, 9.17) is 5.41 Å². The van der Waals surface area contributed by atoms with Crippen molar-refractivity contribution in [2.75, 3.05) is 0 Å². The summed E-state index contributed by atoms with van der Waals surface area (Å²) in [5.41, 5.74) is 3.64. The molecule has 1 heteroatoms. The van der Waals surface area contributed by atoms with Crippen molar-refractivity contribution in [2.45, 2.75) is 133 Å². The molecule has 7 atom stereocenters. The van der Waals surface area contributed by atoms with E-state index in [9.17, 15) is 0 Å². The van der Waals surface area contributed by atoms with Crippen molar-refractivity contribution < 1.29 is 0 Å². The van der Waals surface area contributed by atoms with E-state index in [-0.39, 0.29) is 0 Å². The number of nitrogens with one attached hydrogen (secondary N) is 1. The molecule has 4 aliphatic carbocycles. The van der Waals surface area contributed by atoms with Crippen LogP contribution in [0.15, 0.2) is 11.6 Å². The van der Waals surface area contributed by atoms with Crippen LogP contribution in [-0.2, 0) is 0 Å². The maximum Gasteiger partial charge on any atom is 0.0130 e. The van der Waals surface area contributed by atoms with Crippen molar-refractivity contribution in [2.24, 2.45) is 46.3 Å². The number of hydrogen-bond acceptors (Lipinski definition) is 1. The molecule has 0 aliphatic heterocycles. The van der Waals surface area contributed by atoms with Crippen LogP contribution in [-0.4, -0.2) is 5.71 Å². The Morgan fingerprint density at radius 3 is 2.28 bits per heavy atom. The van der Waals surface area contributed by atoms with Crippen molar-refractivity contribution in [3.63, 3.8) is 0 Å². The molecule has 2 unspecified atom stereocenters. The molecule has 0 spiro atoms. The van der Waals surface area contributed by atoms with Gasteiger partial charge < -0.3 is 5.41 Å². The predicted molar refractivity (Wildman–Crippen MR) is 143 cm³/mol. The van der Waals surface area contributed by atoms with Gasteiger partial charge in [-0.05, 0) is 91.3 Å². The molecule has 0 amide bonds. The van der Waals surface area contributed by atoms with E-state index in [2.05, 4.69) is 40.7 Å². The Kier molecular flexibility index (Phi) is 10.1. The molecule has 3 fully saturated rings. The summed E-state index contributed by atoms with van der Waals surface area (Å²) in [7, 11) is 0. The van der Waals surface area contributed by atoms with Gasteiger partial charge in [0.05, 0.1) is 0 Å². The average molecular weight is 444 g/mol. The number of fused-ring (bicyclic) bond motifs is 5. The smallest absolute Gasteiger partial charge is 0.0130 e. The number of allylic oxidation sites excluding steroid dienone is 2. The van der Waals surface area contributed by atoms with Crippen molar-refractivity contribution >= 4 is 5.71 Å². The lowest BCUT2D eigenvalue weighted by molar-refractivity contribution is -0.0468. The summed E-state index contributed by atoms with van der Waals surface area (Å²) in [6, 6.07) is 0. The normalized spacial score (nSPS) is 38.8. The van der Waals surface area contributed by atoms with Gasteiger partial charge in [0.25, 0.3) is 0 Å². The highest BCUT2D eigenvalue weighted by Gasteiger charge is 2.58. The first kappa shape index (κ1) is 27.7. The third-order valence-electron chi connectivity index (χ3n) is 10.2. The summed E-state index contributed by atoms with van der Waals surface area (Å²) in [5.74, 6) is 5.51. The molecule has 1 nitrogen and oxygen atoms in total. The van der Waals surface area contributed by atoms with Crippen LogP contribution < -0.4 is 0 Å². The van der Waals surface area contributed by atoms with Crippen LogP contribution in [0, 0.1) is 51.7 Å². The monoisotopic (exact) mass is 443 g/mol. The molecule has 32 heavy (non-hydrogen) atoms. The maximum absolute atomic E-state index is 8.19. The summed E-state index contributed by atoms with van der Waals surface area (Å²) in [6.45, 7) is 20.6. The van der Waals surface area contributed by atoms with Gasteiger partial charge in [-0.25, -0.2) is 0 Å². The van der Waals surface area contributed by atoms with Gasteiger partial charge in [0, 0.05) is 12.1 Å². The van der Waals surface area contributed by atoms with Gasteiger partial charge in [-0.2, -0.15) is 0 Å². The second-order valence-electron chi connectivity index (χ2n) is 12.1. The molecule has 0 saturated heterocycles. The summed E-state index contributed by atoms with van der Waals surface area (Å²) in [4.78, 5) is 0. The summed E-state index contributed by atoms with van der Waals surface area (Å²) >= 11 is 0. The standard InChI is InChI=1S/C27H45N.2C2H6/c1-18(2)7-6-8-19(3)23-11-12-24-22-10-9-20-17-21(28)13-15-26(20,4)25(22)14-16-27(23,24)5;2*1-2/h9,18-19,22-25,28H,6-8,10-17H2,1-5H3;2*1-2H3/t19-,22+,23?,24?,25+,26+,27-;;/m1../s1. The molecule has 4 aliphatic rings. The van der Waals surface area contributed by atoms with Crippen LogP contribution in [0.4, 0.5) is 0 Å². The average Bonchev–Trinajstić information content (AvgIpc) is 3.14. The Morgan fingerprint density at radius 1 is 0.938 bits per heavy atom. The van der Waals surface area contributed by atoms with E-state index in [1.807, 2.05) is 27.7 Å². The van der Waals surface area contributed by atoms with E-state index in [1.54, 1.807) is 5.57 Å². The summed E-state index contributed by atoms with van der Waals surface area (Å²) in [5, 5.41) is 8.19. The molecule has 0 bridgehead atoms. The van der Waals surface area contributed by atoms with Crippen molar-refractivity contribution in [1.82, 2.24) is 0 Å². The zero-order valence-electron chi connectivity index (χ0n) is 23.3. The first-order valence-electron chi connectivity index (χ1n) is 14.5. The molecule has 0 aromatic rings. The molecule has 3 saturated carbocycles. The molecule has 0 aromatic carbocycles. The third-order valence-corrected chi connectivity index (χ3v) is 10.2. The fraction of sp³-hybridized carbons (Fsp3) is 0.903. The Morgan fingerprint density at radius 2 is 1.62 bits per heavy atom. The topological polar surface area (TPSA) is 23.9 Å². The van der Waals surface area contributed by atoms with Gasteiger partial charge >= 0.3 is 0 Å². The van der Waals surface area contributed by atoms with Gasteiger partial charge in [-0.15, -0.1) is 0 Å². The molecular weight excluding hydrogens is 386 g/mol. The Labute approximate surface area is 202 Å². The van der Waals surface area contributed by atoms with Crippen molar-refractivity contribution in [3.8, 4) is 0 Å². The van der Waals surface area contributed by atoms with Crippen LogP contribution in [0.1, 0.15) is 133 Å². The van der Waals surface area contributed by atoms with Gasteiger partial charge in [-0.3, -0.25) is 0 Å². The van der Waals surface area contributed by atoms with E-state index in [1.165, 1.54) is 57.8 Å². The van der Waals surface area contributed by atoms with Crippen LogP contribution in [0.5, 0.6) is 0 Å². The first-order chi connectivity index (χ1) is 15.3. The van der Waals surface area contributed by atoms with E-state index in [0.717, 1.165) is 54.1 Å². The summed E-state index contributed by atoms with van der Waals surface area (Å²) < 4.78 is 0. The quantitative estimate of drug-likeness (QED) is 0.409. The largest absolute Gasteiger partial charge is 0.309 e. The molecule has 0 heterocycles. The molecule has 186 valence electrons. The van der Waals surface area contributed by atoms with Gasteiger partial charge in [0.1, 0.15) is 0 Å². The van der Waals surface area contributed by atoms with Crippen molar-refractivity contribution in [3.05, 3.63) is 11.6 Å². The van der Waals surface area contributed by atoms with Crippen molar-refractivity contribution in [1.29, 1.82) is 5.41 Å². The Balaban J connectivity index is 0.000000860. The lowest BCUT2D eigenvalue weighted by Gasteiger charge is -2.58. The van der Waals surface area contributed by atoms with Gasteiger partial charge in [0.2, 0.25) is 0 Å². The van der Waals surface area contributed by atoms with Crippen LogP contribution >= 0.6 is 0 Å². The van der Waals surface area contributed by atoms with Crippen LogP contribution in [0.25, 0.3) is 0 Å². The van der Waals surface area contributed by atoms with E-state index in [0.29, 0.717) is 10.8 Å². The highest BCUT2D eigenvalue weighted by molar-refractivity contribution is 5.85. The first-order valence-corrected chi connectivity index (χ1v) is 14.5. The molecular formula is C31H57N.